The first-order valence-electron chi connectivity index (χ1n) is 11.6. The van der Waals surface area contributed by atoms with Crippen molar-refractivity contribution in [3.8, 4) is 0 Å². The third-order valence-electron chi connectivity index (χ3n) is 6.61. The number of aryl methyl sites for hydroxylation is 1. The lowest BCUT2D eigenvalue weighted by molar-refractivity contribution is -0.137. The van der Waals surface area contributed by atoms with E-state index >= 15 is 0 Å². The van der Waals surface area contributed by atoms with Gasteiger partial charge in [-0.25, -0.2) is 0 Å². The number of likely N-dealkylation sites (tertiary alicyclic amines) is 1. The molecule has 2 aliphatic heterocycles. The van der Waals surface area contributed by atoms with Gasteiger partial charge in [-0.15, -0.1) is 0 Å². The molecule has 7 heteroatoms. The predicted octanol–water partition coefficient (Wildman–Crippen LogP) is 3.65. The molecule has 2 fully saturated rings. The second-order valence-electron chi connectivity index (χ2n) is 9.01. The zero-order chi connectivity index (χ0) is 23.5. The Bertz CT molecular complexity index is 1180. The number of para-hydroxylation sites is 1. The lowest BCUT2D eigenvalue weighted by atomic mass is 10.00. The maximum absolute atomic E-state index is 13.4. The molecule has 0 unspecified atom stereocenters. The SMILES string of the molecule is Cc1ccc(C(=O)N2CC[C@]3(C2)CN(c2ccccc2)C(=O)CO3)cc1NCc1cccnc1. The van der Waals surface area contributed by atoms with Crippen molar-refractivity contribution in [2.75, 3.05) is 36.5 Å². The van der Waals surface area contributed by atoms with Crippen LogP contribution in [0.3, 0.4) is 0 Å². The van der Waals surface area contributed by atoms with Crippen LogP contribution in [0.5, 0.6) is 0 Å². The molecule has 5 rings (SSSR count). The van der Waals surface area contributed by atoms with Crippen molar-refractivity contribution in [1.82, 2.24) is 9.88 Å². The molecule has 2 aliphatic rings. The molecule has 0 radical (unpaired) electrons. The Morgan fingerprint density at radius 3 is 2.76 bits per heavy atom. The summed E-state index contributed by atoms with van der Waals surface area (Å²) in [5, 5.41) is 3.42. The summed E-state index contributed by atoms with van der Waals surface area (Å²) in [5.41, 5.74) is 4.05. The minimum absolute atomic E-state index is 0.0203. The summed E-state index contributed by atoms with van der Waals surface area (Å²) < 4.78 is 6.03. The van der Waals surface area contributed by atoms with Crippen LogP contribution in [0.4, 0.5) is 11.4 Å². The molecule has 3 heterocycles. The highest BCUT2D eigenvalue weighted by Crippen LogP contribution is 2.33. The van der Waals surface area contributed by atoms with Crippen LogP contribution in [0, 0.1) is 6.92 Å². The number of benzene rings is 2. The Labute approximate surface area is 199 Å². The normalized spacial score (nSPS) is 20.1. The topological polar surface area (TPSA) is 74.8 Å². The summed E-state index contributed by atoms with van der Waals surface area (Å²) in [6.07, 6.45) is 4.28. The minimum Gasteiger partial charge on any atom is -0.381 e. The van der Waals surface area contributed by atoms with Gasteiger partial charge in [-0.2, -0.15) is 0 Å². The number of pyridine rings is 1. The number of morpholine rings is 1. The average Bonchev–Trinajstić information content (AvgIpc) is 3.29. The van der Waals surface area contributed by atoms with Gasteiger partial charge in [0.2, 0.25) is 0 Å². The summed E-state index contributed by atoms with van der Waals surface area (Å²) in [6, 6.07) is 19.3. The average molecular weight is 457 g/mol. The number of carbonyl (C=O) groups is 2. The number of carbonyl (C=O) groups excluding carboxylic acids is 2. The number of nitrogens with one attached hydrogen (secondary N) is 1. The standard InChI is InChI=1S/C27H28N4O3/c1-20-9-10-22(14-24(20)29-16-21-6-5-12-28-15-21)26(33)30-13-11-27(18-30)19-31(25(32)17-34-27)23-7-3-2-4-8-23/h2-10,12,14-15,29H,11,13,16-19H2,1H3/t27-/m0/s1. The van der Waals surface area contributed by atoms with Crippen LogP contribution in [-0.4, -0.2) is 53.5 Å². The molecule has 3 aromatic rings. The molecular formula is C27H28N4O3. The number of anilines is 2. The van der Waals surface area contributed by atoms with E-state index in [1.807, 2.05) is 78.7 Å². The largest absolute Gasteiger partial charge is 0.381 e. The molecule has 2 amide bonds. The lowest BCUT2D eigenvalue weighted by Gasteiger charge is -2.40. The van der Waals surface area contributed by atoms with Gasteiger partial charge >= 0.3 is 0 Å². The Hall–Kier alpha value is -3.71. The van der Waals surface area contributed by atoms with E-state index in [1.165, 1.54) is 0 Å². The Morgan fingerprint density at radius 1 is 1.12 bits per heavy atom. The number of rotatable bonds is 5. The maximum atomic E-state index is 13.4. The fraction of sp³-hybridized carbons (Fsp3) is 0.296. The van der Waals surface area contributed by atoms with Gasteiger partial charge in [0, 0.05) is 42.4 Å². The Balaban J connectivity index is 1.28. The highest BCUT2D eigenvalue weighted by molar-refractivity contribution is 5.96. The minimum atomic E-state index is -0.536. The van der Waals surface area contributed by atoms with Crippen LogP contribution in [-0.2, 0) is 16.1 Å². The summed E-state index contributed by atoms with van der Waals surface area (Å²) in [4.78, 5) is 33.7. The van der Waals surface area contributed by atoms with Crippen molar-refractivity contribution in [2.45, 2.75) is 25.5 Å². The Kier molecular flexibility index (Phi) is 6.02. The van der Waals surface area contributed by atoms with Gasteiger partial charge in [-0.05, 0) is 54.8 Å². The number of aromatic nitrogens is 1. The van der Waals surface area contributed by atoms with E-state index in [0.717, 1.165) is 22.5 Å². The van der Waals surface area contributed by atoms with Gasteiger partial charge in [-0.1, -0.05) is 30.3 Å². The molecule has 2 aromatic carbocycles. The smallest absolute Gasteiger partial charge is 0.254 e. The van der Waals surface area contributed by atoms with E-state index in [2.05, 4.69) is 10.3 Å². The number of hydrogen-bond donors (Lipinski definition) is 1. The van der Waals surface area contributed by atoms with Crippen LogP contribution < -0.4 is 10.2 Å². The summed E-state index contributed by atoms with van der Waals surface area (Å²) in [5.74, 6) is -0.0717. The van der Waals surface area contributed by atoms with Gasteiger partial charge in [0.1, 0.15) is 12.2 Å². The van der Waals surface area contributed by atoms with Gasteiger partial charge in [0.15, 0.2) is 0 Å². The zero-order valence-corrected chi connectivity index (χ0v) is 19.2. The van der Waals surface area contributed by atoms with Gasteiger partial charge < -0.3 is 19.9 Å². The van der Waals surface area contributed by atoms with Crippen LogP contribution in [0.1, 0.15) is 27.9 Å². The van der Waals surface area contributed by atoms with Crippen LogP contribution in [0.15, 0.2) is 73.1 Å². The quantitative estimate of drug-likeness (QED) is 0.634. The summed E-state index contributed by atoms with van der Waals surface area (Å²) >= 11 is 0. The summed E-state index contributed by atoms with van der Waals surface area (Å²) in [6.45, 7) is 4.21. The van der Waals surface area contributed by atoms with E-state index in [9.17, 15) is 9.59 Å². The highest BCUT2D eigenvalue weighted by Gasteiger charge is 2.46. The number of ether oxygens (including phenoxy) is 1. The highest BCUT2D eigenvalue weighted by atomic mass is 16.5. The van der Waals surface area contributed by atoms with Crippen LogP contribution >= 0.6 is 0 Å². The molecule has 7 nitrogen and oxygen atoms in total. The molecule has 0 saturated carbocycles. The first-order chi connectivity index (χ1) is 16.5. The van der Waals surface area contributed by atoms with Crippen molar-refractivity contribution in [2.24, 2.45) is 0 Å². The van der Waals surface area contributed by atoms with Crippen molar-refractivity contribution < 1.29 is 14.3 Å². The first-order valence-corrected chi connectivity index (χ1v) is 11.6. The van der Waals surface area contributed by atoms with Crippen LogP contribution in [0.25, 0.3) is 0 Å². The predicted molar refractivity (Wildman–Crippen MR) is 131 cm³/mol. The second kappa shape index (κ2) is 9.27. The molecule has 2 saturated heterocycles. The van der Waals surface area contributed by atoms with Crippen molar-refractivity contribution >= 4 is 23.2 Å². The van der Waals surface area contributed by atoms with E-state index in [0.29, 0.717) is 38.2 Å². The van der Waals surface area contributed by atoms with Gasteiger partial charge in [0.05, 0.1) is 13.1 Å². The molecule has 1 spiro atoms. The second-order valence-corrected chi connectivity index (χ2v) is 9.01. The van der Waals surface area contributed by atoms with E-state index < -0.39 is 5.60 Å². The third-order valence-corrected chi connectivity index (χ3v) is 6.61. The molecule has 0 aliphatic carbocycles. The van der Waals surface area contributed by atoms with Crippen molar-refractivity contribution in [3.63, 3.8) is 0 Å². The van der Waals surface area contributed by atoms with Crippen molar-refractivity contribution in [3.05, 3.63) is 89.7 Å². The number of nitrogens with zero attached hydrogens (tertiary/aromatic N) is 3. The summed E-state index contributed by atoms with van der Waals surface area (Å²) in [7, 11) is 0. The Morgan fingerprint density at radius 2 is 1.97 bits per heavy atom. The molecule has 0 bridgehead atoms. The fourth-order valence-corrected chi connectivity index (χ4v) is 4.65. The number of hydrogen-bond acceptors (Lipinski definition) is 5. The lowest BCUT2D eigenvalue weighted by Crippen LogP contribution is -2.56. The van der Waals surface area contributed by atoms with Gasteiger partial charge in [-0.3, -0.25) is 14.6 Å². The molecule has 174 valence electrons. The molecule has 1 N–H and O–H groups in total. The molecule has 34 heavy (non-hydrogen) atoms. The number of amides is 2. The molecule has 1 atom stereocenters. The van der Waals surface area contributed by atoms with E-state index in [-0.39, 0.29) is 18.4 Å². The maximum Gasteiger partial charge on any atom is 0.254 e. The van der Waals surface area contributed by atoms with E-state index in [4.69, 9.17) is 4.74 Å². The first kappa shape index (κ1) is 22.1. The van der Waals surface area contributed by atoms with Crippen molar-refractivity contribution in [1.29, 1.82) is 0 Å². The fourth-order valence-electron chi connectivity index (χ4n) is 4.65. The zero-order valence-electron chi connectivity index (χ0n) is 19.2. The monoisotopic (exact) mass is 456 g/mol. The van der Waals surface area contributed by atoms with E-state index in [1.54, 1.807) is 11.1 Å². The molecular weight excluding hydrogens is 428 g/mol. The van der Waals surface area contributed by atoms with Crippen LogP contribution in [0.2, 0.25) is 0 Å². The molecule has 1 aromatic heterocycles. The third kappa shape index (κ3) is 4.52. The van der Waals surface area contributed by atoms with Gasteiger partial charge in [0.25, 0.3) is 11.8 Å².